The van der Waals surface area contributed by atoms with Crippen LogP contribution in [0.5, 0.6) is 0 Å². The van der Waals surface area contributed by atoms with E-state index in [0.29, 0.717) is 19.4 Å². The lowest BCUT2D eigenvalue weighted by molar-refractivity contribution is -0.139. The molecule has 2 rings (SSSR count). The van der Waals surface area contributed by atoms with Crippen LogP contribution in [0.4, 0.5) is 9.59 Å². The van der Waals surface area contributed by atoms with Gasteiger partial charge in [0.25, 0.3) is 0 Å². The van der Waals surface area contributed by atoms with Gasteiger partial charge in [-0.15, -0.1) is 0 Å². The van der Waals surface area contributed by atoms with Gasteiger partial charge in [-0.2, -0.15) is 0 Å². The van der Waals surface area contributed by atoms with Gasteiger partial charge in [-0.1, -0.05) is 60.7 Å². The van der Waals surface area contributed by atoms with E-state index in [1.54, 1.807) is 12.1 Å². The minimum atomic E-state index is -1.17. The fraction of sp³-hybridized carbons (Fsp3) is 0.333. The Morgan fingerprint density at radius 2 is 1.32 bits per heavy atom. The number of carboxylic acid groups (broad SMARTS) is 1. The highest BCUT2D eigenvalue weighted by atomic mass is 16.6. The summed E-state index contributed by atoms with van der Waals surface area (Å²) in [4.78, 5) is 46.7. The molecule has 10 nitrogen and oxygen atoms in total. The maximum absolute atomic E-state index is 11.9. The Morgan fingerprint density at radius 1 is 0.765 bits per heavy atom. The van der Waals surface area contributed by atoms with Gasteiger partial charge in [0.15, 0.2) is 0 Å². The number of benzene rings is 2. The lowest BCUT2D eigenvalue weighted by atomic mass is 10.1. The SMILES string of the molecule is O=C(CNC(=O)OCc1ccccc1)NCCCCC(NC(=O)OCc1ccccc1)C(=O)O. The molecule has 182 valence electrons. The molecule has 0 heterocycles. The number of hydrogen-bond acceptors (Lipinski definition) is 6. The highest BCUT2D eigenvalue weighted by molar-refractivity contribution is 5.82. The summed E-state index contributed by atoms with van der Waals surface area (Å²) in [5.74, 6) is -1.56. The van der Waals surface area contributed by atoms with E-state index in [1.807, 2.05) is 48.5 Å². The van der Waals surface area contributed by atoms with Crippen molar-refractivity contribution in [3.63, 3.8) is 0 Å². The number of alkyl carbamates (subject to hydrolysis) is 2. The van der Waals surface area contributed by atoms with Gasteiger partial charge in [-0.05, 0) is 30.4 Å². The second-order valence-corrected chi connectivity index (χ2v) is 7.36. The van der Waals surface area contributed by atoms with Crippen molar-refractivity contribution in [2.75, 3.05) is 13.1 Å². The second-order valence-electron chi connectivity index (χ2n) is 7.36. The highest BCUT2D eigenvalue weighted by Crippen LogP contribution is 2.04. The summed E-state index contributed by atoms with van der Waals surface area (Å²) < 4.78 is 10.1. The number of carboxylic acids is 1. The van der Waals surface area contributed by atoms with Crippen LogP contribution in [-0.4, -0.2) is 48.3 Å². The largest absolute Gasteiger partial charge is 0.480 e. The molecule has 0 saturated heterocycles. The number of nitrogens with one attached hydrogen (secondary N) is 3. The molecule has 0 bridgehead atoms. The predicted molar refractivity (Wildman–Crippen MR) is 123 cm³/mol. The van der Waals surface area contributed by atoms with Crippen molar-refractivity contribution < 1.29 is 33.8 Å². The highest BCUT2D eigenvalue weighted by Gasteiger charge is 2.20. The van der Waals surface area contributed by atoms with Crippen LogP contribution >= 0.6 is 0 Å². The van der Waals surface area contributed by atoms with E-state index in [-0.39, 0.29) is 26.2 Å². The number of ether oxygens (including phenoxy) is 2. The Balaban J connectivity index is 1.55. The van der Waals surface area contributed by atoms with Crippen LogP contribution in [0.25, 0.3) is 0 Å². The van der Waals surface area contributed by atoms with Crippen molar-refractivity contribution in [1.29, 1.82) is 0 Å². The molecule has 3 amide bonds. The third-order valence-corrected chi connectivity index (χ3v) is 4.65. The van der Waals surface area contributed by atoms with Crippen LogP contribution < -0.4 is 16.0 Å². The molecular weight excluding hydrogens is 442 g/mol. The van der Waals surface area contributed by atoms with Gasteiger partial charge in [0.2, 0.25) is 5.91 Å². The molecule has 0 saturated carbocycles. The summed E-state index contributed by atoms with van der Waals surface area (Å²) in [7, 11) is 0. The Bertz CT molecular complexity index is 923. The lowest BCUT2D eigenvalue weighted by Crippen LogP contribution is -2.41. The van der Waals surface area contributed by atoms with Crippen LogP contribution in [0.3, 0.4) is 0 Å². The first-order valence-corrected chi connectivity index (χ1v) is 10.9. The van der Waals surface area contributed by atoms with E-state index in [2.05, 4.69) is 16.0 Å². The molecule has 2 aromatic carbocycles. The summed E-state index contributed by atoms with van der Waals surface area (Å²) in [5.41, 5.74) is 1.62. The van der Waals surface area contributed by atoms with Gasteiger partial charge in [0, 0.05) is 6.54 Å². The van der Waals surface area contributed by atoms with E-state index < -0.39 is 30.1 Å². The van der Waals surface area contributed by atoms with Crippen molar-refractivity contribution in [2.24, 2.45) is 0 Å². The maximum atomic E-state index is 11.9. The Morgan fingerprint density at radius 3 is 1.88 bits per heavy atom. The zero-order chi connectivity index (χ0) is 24.6. The Labute approximate surface area is 197 Å². The quantitative estimate of drug-likeness (QED) is 0.329. The Hall–Kier alpha value is -4.08. The molecule has 0 fully saturated rings. The van der Waals surface area contributed by atoms with Crippen LogP contribution in [0.1, 0.15) is 30.4 Å². The smallest absolute Gasteiger partial charge is 0.408 e. The first-order chi connectivity index (χ1) is 16.4. The monoisotopic (exact) mass is 471 g/mol. The summed E-state index contributed by atoms with van der Waals surface area (Å²) in [6.45, 7) is 0.205. The third kappa shape index (κ3) is 11.0. The standard InChI is InChI=1S/C24H29N3O7/c28-21(15-26-23(31)33-16-18-9-3-1-4-10-18)25-14-8-7-13-20(22(29)30)27-24(32)34-17-19-11-5-2-6-12-19/h1-6,9-12,20H,7-8,13-17H2,(H,25,28)(H,26,31)(H,27,32)(H,29,30). The summed E-state index contributed by atoms with van der Waals surface area (Å²) in [6, 6.07) is 17.1. The zero-order valence-electron chi connectivity index (χ0n) is 18.7. The number of rotatable bonds is 13. The van der Waals surface area contributed by atoms with Gasteiger partial charge >= 0.3 is 18.2 Å². The van der Waals surface area contributed by atoms with Crippen LogP contribution in [0.2, 0.25) is 0 Å². The summed E-state index contributed by atoms with van der Waals surface area (Å²) in [5, 5.41) is 16.6. The molecule has 2 aromatic rings. The molecule has 0 aliphatic heterocycles. The predicted octanol–water partition coefficient (Wildman–Crippen LogP) is 2.58. The number of carbonyl (C=O) groups excluding carboxylic acids is 3. The van der Waals surface area contributed by atoms with Gasteiger partial charge < -0.3 is 30.5 Å². The number of amides is 3. The topological polar surface area (TPSA) is 143 Å². The zero-order valence-corrected chi connectivity index (χ0v) is 18.7. The van der Waals surface area contributed by atoms with Crippen LogP contribution in [0.15, 0.2) is 60.7 Å². The lowest BCUT2D eigenvalue weighted by Gasteiger charge is -2.14. The van der Waals surface area contributed by atoms with Crippen LogP contribution in [0, 0.1) is 0 Å². The normalized spacial score (nSPS) is 11.1. The van der Waals surface area contributed by atoms with Crippen molar-refractivity contribution >= 4 is 24.1 Å². The average Bonchev–Trinajstić information content (AvgIpc) is 2.85. The molecule has 0 radical (unpaired) electrons. The van der Waals surface area contributed by atoms with Gasteiger partial charge in [-0.25, -0.2) is 14.4 Å². The van der Waals surface area contributed by atoms with Gasteiger partial charge in [-0.3, -0.25) is 4.79 Å². The molecule has 1 atom stereocenters. The molecule has 10 heteroatoms. The van der Waals surface area contributed by atoms with Crippen molar-refractivity contribution in [3.8, 4) is 0 Å². The molecule has 0 aliphatic carbocycles. The maximum Gasteiger partial charge on any atom is 0.408 e. The fourth-order valence-corrected chi connectivity index (χ4v) is 2.85. The van der Waals surface area contributed by atoms with E-state index in [1.165, 1.54) is 0 Å². The van der Waals surface area contributed by atoms with Crippen molar-refractivity contribution in [1.82, 2.24) is 16.0 Å². The molecule has 0 aliphatic rings. The second kappa shape index (κ2) is 14.9. The molecule has 1 unspecified atom stereocenters. The average molecular weight is 472 g/mol. The van der Waals surface area contributed by atoms with Gasteiger partial charge in [0.05, 0.1) is 6.54 Å². The molecule has 0 aromatic heterocycles. The van der Waals surface area contributed by atoms with Gasteiger partial charge in [0.1, 0.15) is 19.3 Å². The number of hydrogen-bond donors (Lipinski definition) is 4. The van der Waals surface area contributed by atoms with Crippen LogP contribution in [-0.2, 0) is 32.3 Å². The van der Waals surface area contributed by atoms with E-state index in [9.17, 15) is 24.3 Å². The van der Waals surface area contributed by atoms with E-state index >= 15 is 0 Å². The minimum absolute atomic E-state index is 0.0406. The molecule has 0 spiro atoms. The number of unbranched alkanes of at least 4 members (excludes halogenated alkanes) is 1. The Kier molecular flexibility index (Phi) is 11.5. The third-order valence-electron chi connectivity index (χ3n) is 4.65. The van der Waals surface area contributed by atoms with E-state index in [0.717, 1.165) is 11.1 Å². The molecule has 4 N–H and O–H groups in total. The fourth-order valence-electron chi connectivity index (χ4n) is 2.85. The first-order valence-electron chi connectivity index (χ1n) is 10.9. The van der Waals surface area contributed by atoms with Crippen molar-refractivity contribution in [2.45, 2.75) is 38.5 Å². The summed E-state index contributed by atoms with van der Waals surface area (Å²) in [6.07, 6.45) is -0.393. The van der Waals surface area contributed by atoms with Crippen molar-refractivity contribution in [3.05, 3.63) is 71.8 Å². The number of carbonyl (C=O) groups is 4. The summed E-state index contributed by atoms with van der Waals surface area (Å²) >= 11 is 0. The minimum Gasteiger partial charge on any atom is -0.480 e. The molecule has 34 heavy (non-hydrogen) atoms. The van der Waals surface area contributed by atoms with E-state index in [4.69, 9.17) is 9.47 Å². The number of aliphatic carboxylic acids is 1. The first kappa shape index (κ1) is 26.2. The molecular formula is C24H29N3O7.